The van der Waals surface area contributed by atoms with E-state index in [1.807, 2.05) is 13.8 Å². The molecule has 178 valence electrons. The first-order chi connectivity index (χ1) is 14.0. The van der Waals surface area contributed by atoms with Crippen LogP contribution in [-0.2, 0) is 23.3 Å². The van der Waals surface area contributed by atoms with Crippen LogP contribution in [0.4, 0.5) is 0 Å². The molecular formula is C20H42O8P2+2. The standard InChI is InChI=1S/C20H42O8P2/c1-7-26-17(14-22)18(23)20(6,28-8-2)30(25)12-10-9-11-29(24)19(4,5)15-27-16(3)13-21/h16-18,21-23H,7-15H2,1-6H3/q+2. The van der Waals surface area contributed by atoms with Gasteiger partial charge in [0.05, 0.1) is 25.9 Å². The quantitative estimate of drug-likeness (QED) is 0.205. The van der Waals surface area contributed by atoms with Crippen molar-refractivity contribution in [2.45, 2.75) is 83.2 Å². The largest absolute Gasteiger partial charge is 0.394 e. The van der Waals surface area contributed by atoms with Crippen molar-refractivity contribution in [1.82, 2.24) is 0 Å². The molecule has 0 saturated heterocycles. The smallest absolute Gasteiger partial charge is 0.376 e. The van der Waals surface area contributed by atoms with Gasteiger partial charge in [0.1, 0.15) is 18.4 Å². The molecule has 0 rings (SSSR count). The molecule has 0 aromatic carbocycles. The highest BCUT2D eigenvalue weighted by atomic mass is 31.1. The summed E-state index contributed by atoms with van der Waals surface area (Å²) in [5, 5.41) is 27.4. The van der Waals surface area contributed by atoms with Gasteiger partial charge in [-0.05, 0) is 47.5 Å². The van der Waals surface area contributed by atoms with Crippen LogP contribution in [0.1, 0.15) is 54.4 Å². The van der Waals surface area contributed by atoms with E-state index in [2.05, 4.69) is 0 Å². The monoisotopic (exact) mass is 472 g/mol. The molecule has 0 aliphatic carbocycles. The Morgan fingerprint density at radius 1 is 0.900 bits per heavy atom. The fraction of sp³-hybridized carbons (Fsp3) is 1.00. The Bertz CT molecular complexity index is 517. The van der Waals surface area contributed by atoms with Crippen LogP contribution in [0, 0.1) is 0 Å². The van der Waals surface area contributed by atoms with E-state index in [4.69, 9.17) is 19.3 Å². The van der Waals surface area contributed by atoms with Crippen LogP contribution in [-0.4, -0.2) is 89.5 Å². The van der Waals surface area contributed by atoms with E-state index in [0.29, 0.717) is 38.4 Å². The number of rotatable bonds is 18. The van der Waals surface area contributed by atoms with Gasteiger partial charge < -0.3 is 29.5 Å². The second-order valence-corrected chi connectivity index (χ2v) is 12.6. The number of hydrogen-bond donors (Lipinski definition) is 3. The van der Waals surface area contributed by atoms with E-state index < -0.39 is 44.9 Å². The number of aliphatic hydroxyl groups is 3. The minimum absolute atomic E-state index is 0.0786. The van der Waals surface area contributed by atoms with Crippen molar-refractivity contribution in [1.29, 1.82) is 0 Å². The van der Waals surface area contributed by atoms with E-state index in [0.717, 1.165) is 0 Å². The van der Waals surface area contributed by atoms with Crippen molar-refractivity contribution in [2.75, 3.05) is 45.4 Å². The Labute approximate surface area is 183 Å². The average molecular weight is 472 g/mol. The lowest BCUT2D eigenvalue weighted by Crippen LogP contribution is -2.49. The van der Waals surface area contributed by atoms with Crippen LogP contribution in [0.15, 0.2) is 0 Å². The molecule has 0 aromatic rings. The van der Waals surface area contributed by atoms with Crippen molar-refractivity contribution in [3.05, 3.63) is 0 Å². The molecule has 6 atom stereocenters. The lowest BCUT2D eigenvalue weighted by Gasteiger charge is -2.30. The van der Waals surface area contributed by atoms with Gasteiger partial charge in [-0.1, -0.05) is 9.13 Å². The van der Waals surface area contributed by atoms with Gasteiger partial charge in [0.25, 0.3) is 5.34 Å². The van der Waals surface area contributed by atoms with E-state index in [1.165, 1.54) is 0 Å². The Balaban J connectivity index is 4.75. The third-order valence-electron chi connectivity index (χ3n) is 5.02. The third-order valence-corrected chi connectivity index (χ3v) is 9.33. The molecule has 0 heterocycles. The maximum Gasteiger partial charge on any atom is 0.376 e. The lowest BCUT2D eigenvalue weighted by atomic mass is 10.1. The Morgan fingerprint density at radius 3 is 1.93 bits per heavy atom. The summed E-state index contributed by atoms with van der Waals surface area (Å²) in [7, 11) is -3.50. The molecule has 0 bridgehead atoms. The van der Waals surface area contributed by atoms with Gasteiger partial charge in [-0.25, -0.2) is 0 Å². The Kier molecular flexibility index (Phi) is 14.9. The van der Waals surface area contributed by atoms with Gasteiger partial charge in [0, 0.05) is 20.1 Å². The summed E-state index contributed by atoms with van der Waals surface area (Å²) in [6.07, 6.45) is -0.395. The first-order valence-corrected chi connectivity index (χ1v) is 13.6. The molecule has 6 unspecified atom stereocenters. The third kappa shape index (κ3) is 9.62. The molecule has 3 N–H and O–H groups in total. The number of hydrogen-bond acceptors (Lipinski definition) is 8. The maximum absolute atomic E-state index is 13.0. The molecule has 0 fully saturated rings. The van der Waals surface area contributed by atoms with Gasteiger partial charge in [0.15, 0.2) is 11.3 Å². The van der Waals surface area contributed by atoms with E-state index in [-0.39, 0.29) is 19.3 Å². The van der Waals surface area contributed by atoms with Crippen molar-refractivity contribution >= 4 is 15.6 Å². The second kappa shape index (κ2) is 14.9. The normalized spacial score (nSPS) is 18.4. The first kappa shape index (κ1) is 30.0. The van der Waals surface area contributed by atoms with E-state index >= 15 is 0 Å². The summed E-state index contributed by atoms with van der Waals surface area (Å²) >= 11 is 0. The highest BCUT2D eigenvalue weighted by Gasteiger charge is 2.54. The van der Waals surface area contributed by atoms with Crippen LogP contribution in [0.5, 0.6) is 0 Å². The van der Waals surface area contributed by atoms with Crippen LogP contribution < -0.4 is 0 Å². The van der Waals surface area contributed by atoms with Gasteiger partial charge in [-0.15, -0.1) is 0 Å². The zero-order chi connectivity index (χ0) is 23.4. The number of ether oxygens (including phenoxy) is 3. The molecule has 8 nitrogen and oxygen atoms in total. The molecule has 0 amide bonds. The van der Waals surface area contributed by atoms with Crippen LogP contribution in [0.25, 0.3) is 0 Å². The van der Waals surface area contributed by atoms with Crippen LogP contribution in [0.3, 0.4) is 0 Å². The van der Waals surface area contributed by atoms with Crippen molar-refractivity contribution in [3.63, 3.8) is 0 Å². The highest BCUT2D eigenvalue weighted by molar-refractivity contribution is 7.46. The summed E-state index contributed by atoms with van der Waals surface area (Å²) < 4.78 is 42.2. The molecule has 0 aliphatic heterocycles. The van der Waals surface area contributed by atoms with Gasteiger partial charge in [-0.2, -0.15) is 0 Å². The van der Waals surface area contributed by atoms with Crippen LogP contribution >= 0.6 is 15.6 Å². The maximum atomic E-state index is 13.0. The molecule has 0 spiro atoms. The molecule has 0 aliphatic rings. The van der Waals surface area contributed by atoms with Crippen molar-refractivity contribution in [2.24, 2.45) is 0 Å². The zero-order valence-electron chi connectivity index (χ0n) is 19.4. The number of aliphatic hydroxyl groups excluding tert-OH is 3. The minimum Gasteiger partial charge on any atom is -0.394 e. The first-order valence-electron chi connectivity index (χ1n) is 10.7. The SMILES string of the molecule is CCOC(CO)C(O)C(C)(OCC)[P+](=O)CCCC[P+](=O)C(C)(C)COC(C)CO. The Morgan fingerprint density at radius 2 is 1.47 bits per heavy atom. The van der Waals surface area contributed by atoms with Gasteiger partial charge in [-0.3, -0.25) is 0 Å². The molecule has 0 aromatic heterocycles. The summed E-state index contributed by atoms with van der Waals surface area (Å²) in [6, 6.07) is 0. The summed E-state index contributed by atoms with van der Waals surface area (Å²) in [4.78, 5) is 0. The van der Waals surface area contributed by atoms with Gasteiger partial charge in [0.2, 0.25) is 0 Å². The zero-order valence-corrected chi connectivity index (χ0v) is 21.2. The molecule has 0 saturated carbocycles. The average Bonchev–Trinajstić information content (AvgIpc) is 2.72. The fourth-order valence-electron chi connectivity index (χ4n) is 2.91. The fourth-order valence-corrected chi connectivity index (χ4v) is 5.93. The predicted molar refractivity (Wildman–Crippen MR) is 119 cm³/mol. The predicted octanol–water partition coefficient (Wildman–Crippen LogP) is 3.11. The second-order valence-electron chi connectivity index (χ2n) is 8.14. The molecular weight excluding hydrogens is 430 g/mol. The van der Waals surface area contributed by atoms with Crippen molar-refractivity contribution < 1.29 is 38.7 Å². The summed E-state index contributed by atoms with van der Waals surface area (Å²) in [6.45, 7) is 11.0. The molecule has 10 heteroatoms. The van der Waals surface area contributed by atoms with E-state index in [9.17, 15) is 19.3 Å². The summed E-state index contributed by atoms with van der Waals surface area (Å²) in [5.41, 5.74) is 0. The highest BCUT2D eigenvalue weighted by Crippen LogP contribution is 2.45. The van der Waals surface area contributed by atoms with E-state index in [1.54, 1.807) is 27.7 Å². The minimum atomic E-state index is -1.96. The Hall–Kier alpha value is -0.0400. The molecule has 0 radical (unpaired) electrons. The lowest BCUT2D eigenvalue weighted by molar-refractivity contribution is -0.132. The van der Waals surface area contributed by atoms with Crippen molar-refractivity contribution in [3.8, 4) is 0 Å². The topological polar surface area (TPSA) is 123 Å². The van der Waals surface area contributed by atoms with Crippen LogP contribution in [0.2, 0.25) is 0 Å². The summed E-state index contributed by atoms with van der Waals surface area (Å²) in [5.74, 6) is 0. The van der Waals surface area contributed by atoms with Gasteiger partial charge >= 0.3 is 15.6 Å². The number of unbranched alkanes of at least 4 members (excludes halogenated alkanes) is 1. The molecule has 30 heavy (non-hydrogen) atoms.